The van der Waals surface area contributed by atoms with Gasteiger partial charge in [-0.1, -0.05) is 0 Å². The molecule has 16 heavy (non-hydrogen) atoms. The minimum absolute atomic E-state index is 0.599. The van der Waals surface area contributed by atoms with Gasteiger partial charge in [-0.25, -0.2) is 0 Å². The average molecular weight is 400 g/mol. The Morgan fingerprint density at radius 3 is 2.50 bits per heavy atom. The van der Waals surface area contributed by atoms with Crippen molar-refractivity contribution in [1.82, 2.24) is 10.6 Å². The van der Waals surface area contributed by atoms with Gasteiger partial charge in [0.1, 0.15) is 0 Å². The summed E-state index contributed by atoms with van der Waals surface area (Å²) >= 11 is 1.39. The van der Waals surface area contributed by atoms with E-state index in [1.54, 1.807) is 0 Å². The van der Waals surface area contributed by atoms with Crippen molar-refractivity contribution in [2.75, 3.05) is 33.1 Å². The van der Waals surface area contributed by atoms with Crippen LogP contribution in [0.4, 0.5) is 0 Å². The Bertz CT molecular complexity index is 152. The molecule has 0 heterocycles. The average Bonchev–Trinajstić information content (AvgIpc) is 2.28. The van der Waals surface area contributed by atoms with Crippen LogP contribution in [0.2, 0.25) is 0 Å². The zero-order valence-corrected chi connectivity index (χ0v) is 13.3. The van der Waals surface area contributed by atoms with Gasteiger partial charge in [-0.05, 0) is 0 Å². The second-order valence-electron chi connectivity index (χ2n) is 3.45. The molecule has 0 fully saturated rings. The Labute approximate surface area is 110 Å². The van der Waals surface area contributed by atoms with Crippen LogP contribution in [-0.4, -0.2) is 37.2 Å². The number of rotatable bonds is 12. The SMILES string of the molecule is CCCCOCN[C](=[W])NCCOCCC. The van der Waals surface area contributed by atoms with Gasteiger partial charge >= 0.3 is 110 Å². The van der Waals surface area contributed by atoms with Crippen molar-refractivity contribution in [3.05, 3.63) is 0 Å². The first kappa shape index (κ1) is 16.4. The van der Waals surface area contributed by atoms with Gasteiger partial charge in [-0.3, -0.25) is 0 Å². The van der Waals surface area contributed by atoms with E-state index >= 15 is 0 Å². The van der Waals surface area contributed by atoms with E-state index in [-0.39, 0.29) is 0 Å². The van der Waals surface area contributed by atoms with Crippen LogP contribution in [0, 0.1) is 0 Å². The Hall–Kier alpha value is 0.398. The summed E-state index contributed by atoms with van der Waals surface area (Å²) in [4.78, 5) is 0. The second kappa shape index (κ2) is 13.5. The third kappa shape index (κ3) is 12.5. The van der Waals surface area contributed by atoms with Gasteiger partial charge in [-0.2, -0.15) is 0 Å². The van der Waals surface area contributed by atoms with Crippen LogP contribution in [-0.2, 0) is 28.8 Å². The quantitative estimate of drug-likeness (QED) is 0.379. The summed E-state index contributed by atoms with van der Waals surface area (Å²) < 4.78 is 11.9. The van der Waals surface area contributed by atoms with Crippen LogP contribution in [0.1, 0.15) is 33.1 Å². The topological polar surface area (TPSA) is 42.5 Å². The van der Waals surface area contributed by atoms with Gasteiger partial charge in [-0.15, -0.1) is 0 Å². The molecule has 0 saturated heterocycles. The van der Waals surface area contributed by atoms with Crippen molar-refractivity contribution in [1.29, 1.82) is 0 Å². The van der Waals surface area contributed by atoms with E-state index in [0.717, 1.165) is 43.4 Å². The molecule has 0 aliphatic rings. The van der Waals surface area contributed by atoms with Gasteiger partial charge in [0.25, 0.3) is 0 Å². The summed E-state index contributed by atoms with van der Waals surface area (Å²) in [6.45, 7) is 8.19. The first-order valence-corrected chi connectivity index (χ1v) is 7.45. The van der Waals surface area contributed by atoms with Crippen molar-refractivity contribution in [2.24, 2.45) is 0 Å². The van der Waals surface area contributed by atoms with E-state index < -0.39 is 0 Å². The molecule has 0 aliphatic carbocycles. The van der Waals surface area contributed by atoms with E-state index in [1.807, 2.05) is 0 Å². The third-order valence-electron chi connectivity index (χ3n) is 1.86. The molecule has 0 aliphatic heterocycles. The molecule has 0 radical (unpaired) electrons. The molecular formula is C11H24N2O2W. The van der Waals surface area contributed by atoms with Gasteiger partial charge in [0.2, 0.25) is 0 Å². The fraction of sp³-hybridized carbons (Fsp3) is 0.909. The van der Waals surface area contributed by atoms with Gasteiger partial charge in [0, 0.05) is 0 Å². The molecule has 4 nitrogen and oxygen atoms in total. The van der Waals surface area contributed by atoms with E-state index in [2.05, 4.69) is 24.5 Å². The Morgan fingerprint density at radius 2 is 1.81 bits per heavy atom. The maximum absolute atomic E-state index is 5.40. The molecular weight excluding hydrogens is 376 g/mol. The number of unbranched alkanes of at least 4 members (excludes halogenated alkanes) is 1. The Kier molecular flexibility index (Phi) is 13.8. The first-order chi connectivity index (χ1) is 7.81. The number of hydrogen-bond donors (Lipinski definition) is 2. The molecule has 0 aromatic heterocycles. The molecule has 0 atom stereocenters. The second-order valence-corrected chi connectivity index (χ2v) is 4.92. The van der Waals surface area contributed by atoms with Gasteiger partial charge in [0.15, 0.2) is 0 Å². The zero-order chi connectivity index (χ0) is 12.1. The van der Waals surface area contributed by atoms with Gasteiger partial charge in [0.05, 0.1) is 0 Å². The maximum atomic E-state index is 5.40. The van der Waals surface area contributed by atoms with Crippen LogP contribution >= 0.6 is 0 Å². The van der Waals surface area contributed by atoms with E-state index in [0.29, 0.717) is 6.73 Å². The third-order valence-corrected chi connectivity index (χ3v) is 2.89. The predicted molar refractivity (Wildman–Crippen MR) is 63.0 cm³/mol. The number of ether oxygens (including phenoxy) is 2. The fourth-order valence-electron chi connectivity index (χ4n) is 0.981. The standard InChI is InChI=1S/C11H24N2O2.W/c1-3-5-8-15-11-13-10-12-6-9-14-7-4-2;/h12-13H,3-9,11H2,1-2H3;. The molecule has 0 aromatic carbocycles. The summed E-state index contributed by atoms with van der Waals surface area (Å²) in [6, 6.07) is 0. The van der Waals surface area contributed by atoms with E-state index in [9.17, 15) is 0 Å². The molecule has 0 bridgehead atoms. The summed E-state index contributed by atoms with van der Waals surface area (Å²) in [6.07, 6.45) is 3.39. The molecule has 0 aromatic rings. The van der Waals surface area contributed by atoms with Crippen LogP contribution < -0.4 is 10.6 Å². The monoisotopic (exact) mass is 400 g/mol. The molecule has 0 spiro atoms. The molecule has 0 saturated carbocycles. The van der Waals surface area contributed by atoms with E-state index in [1.165, 1.54) is 25.8 Å². The number of hydrogen-bond acceptors (Lipinski definition) is 4. The zero-order valence-electron chi connectivity index (χ0n) is 10.4. The summed E-state index contributed by atoms with van der Waals surface area (Å²) in [5.74, 6) is 0. The fourth-order valence-corrected chi connectivity index (χ4v) is 1.56. The summed E-state index contributed by atoms with van der Waals surface area (Å²) in [5.41, 5.74) is 0. The van der Waals surface area contributed by atoms with Crippen molar-refractivity contribution in [3.63, 3.8) is 0 Å². The molecule has 2 N–H and O–H groups in total. The normalized spacial score (nSPS) is 10.6. The Balaban J connectivity index is 3.12. The van der Waals surface area contributed by atoms with Gasteiger partial charge < -0.3 is 0 Å². The van der Waals surface area contributed by atoms with Crippen molar-refractivity contribution in [2.45, 2.75) is 33.1 Å². The predicted octanol–water partition coefficient (Wildman–Crippen LogP) is 1.00. The summed E-state index contributed by atoms with van der Waals surface area (Å²) in [7, 11) is 0. The van der Waals surface area contributed by atoms with Crippen LogP contribution in [0.15, 0.2) is 0 Å². The van der Waals surface area contributed by atoms with Crippen molar-refractivity contribution in [3.8, 4) is 0 Å². The molecule has 0 unspecified atom stereocenters. The molecule has 96 valence electrons. The molecule has 0 amide bonds. The Morgan fingerprint density at radius 1 is 1.00 bits per heavy atom. The molecule has 0 rings (SSSR count). The van der Waals surface area contributed by atoms with Crippen molar-refractivity contribution < 1.29 is 28.8 Å². The van der Waals surface area contributed by atoms with Crippen molar-refractivity contribution >= 4 is 4.15 Å². The minimum atomic E-state index is 0.599. The summed E-state index contributed by atoms with van der Waals surface area (Å²) in [5, 5.41) is 6.47. The number of nitrogens with one attached hydrogen (secondary N) is 2. The van der Waals surface area contributed by atoms with Crippen LogP contribution in [0.25, 0.3) is 0 Å². The first-order valence-electron chi connectivity index (χ1n) is 5.98. The molecule has 5 heteroatoms. The van der Waals surface area contributed by atoms with E-state index in [4.69, 9.17) is 9.47 Å². The van der Waals surface area contributed by atoms with Crippen LogP contribution in [0.3, 0.4) is 0 Å². The van der Waals surface area contributed by atoms with Crippen LogP contribution in [0.5, 0.6) is 0 Å².